The lowest BCUT2D eigenvalue weighted by Gasteiger charge is -2.22. The molecule has 0 aromatic carbocycles. The maximum absolute atomic E-state index is 3.85. The molecule has 0 aliphatic carbocycles. The van der Waals surface area contributed by atoms with Crippen LogP contribution in [0.15, 0.2) is 33.5 Å². The molecular weight excluding hydrogens is 271 g/mol. The van der Waals surface area contributed by atoms with Gasteiger partial charge in [0.05, 0.1) is 0 Å². The molecule has 0 aromatic heterocycles. The van der Waals surface area contributed by atoms with Crippen LogP contribution in [0.2, 0.25) is 0 Å². The van der Waals surface area contributed by atoms with Gasteiger partial charge < -0.3 is 0 Å². The summed E-state index contributed by atoms with van der Waals surface area (Å²) in [5.74, 6) is 0. The summed E-state index contributed by atoms with van der Waals surface area (Å²) < 4.78 is 1.07. The third-order valence-corrected chi connectivity index (χ3v) is 2.14. The van der Waals surface area contributed by atoms with Gasteiger partial charge in [-0.25, -0.2) is 0 Å². The van der Waals surface area contributed by atoms with Crippen LogP contribution in [-0.4, -0.2) is 0 Å². The molecule has 0 bridgehead atoms. The highest BCUT2D eigenvalue weighted by molar-refractivity contribution is 14.1. The topological polar surface area (TPSA) is 0 Å². The second-order valence-electron chi connectivity index (χ2n) is 4.44. The van der Waals surface area contributed by atoms with Crippen molar-refractivity contribution in [1.29, 1.82) is 0 Å². The predicted molar refractivity (Wildman–Crippen MR) is 70.1 cm³/mol. The average molecular weight is 290 g/mol. The molecular formula is C12H19I. The quantitative estimate of drug-likeness (QED) is 0.502. The van der Waals surface area contributed by atoms with Gasteiger partial charge in [0, 0.05) is 3.58 Å². The number of halogens is 1. The van der Waals surface area contributed by atoms with Crippen LogP contribution < -0.4 is 0 Å². The highest BCUT2D eigenvalue weighted by Gasteiger charge is 2.15. The fraction of sp³-hybridized carbons (Fsp3) is 0.500. The molecule has 0 N–H and O–H groups in total. The van der Waals surface area contributed by atoms with Crippen LogP contribution in [-0.2, 0) is 0 Å². The Bertz CT molecular complexity index is 245. The molecule has 0 radical (unpaired) electrons. The molecule has 0 atom stereocenters. The maximum atomic E-state index is 3.85. The lowest BCUT2D eigenvalue weighted by atomic mass is 9.83. The zero-order valence-corrected chi connectivity index (χ0v) is 11.4. The Balaban J connectivity index is 4.89. The monoisotopic (exact) mass is 290 g/mol. The van der Waals surface area contributed by atoms with E-state index in [9.17, 15) is 0 Å². The fourth-order valence-corrected chi connectivity index (χ4v) is 1.52. The molecule has 0 aliphatic heterocycles. The smallest absolute Gasteiger partial charge is 0.00580 e. The van der Waals surface area contributed by atoms with Gasteiger partial charge in [0.1, 0.15) is 0 Å². The zero-order valence-electron chi connectivity index (χ0n) is 9.24. The van der Waals surface area contributed by atoms with Crippen molar-refractivity contribution in [2.24, 2.45) is 5.41 Å². The van der Waals surface area contributed by atoms with Crippen molar-refractivity contribution >= 4 is 22.6 Å². The molecule has 0 unspecified atom stereocenters. The Morgan fingerprint density at radius 3 is 1.85 bits per heavy atom. The third kappa shape index (κ3) is 5.29. The Labute approximate surface area is 95.9 Å². The Morgan fingerprint density at radius 2 is 1.62 bits per heavy atom. The van der Waals surface area contributed by atoms with Gasteiger partial charge in [-0.1, -0.05) is 39.0 Å². The van der Waals surface area contributed by atoms with Crippen molar-refractivity contribution in [2.75, 3.05) is 0 Å². The molecule has 0 heterocycles. The van der Waals surface area contributed by atoms with E-state index in [0.29, 0.717) is 0 Å². The van der Waals surface area contributed by atoms with Crippen LogP contribution in [0.4, 0.5) is 0 Å². The van der Waals surface area contributed by atoms with E-state index in [2.05, 4.69) is 75.9 Å². The summed E-state index contributed by atoms with van der Waals surface area (Å²) in [6, 6.07) is 0. The fourth-order valence-electron chi connectivity index (χ4n) is 1.34. The van der Waals surface area contributed by atoms with Crippen molar-refractivity contribution in [3.63, 3.8) is 0 Å². The van der Waals surface area contributed by atoms with Gasteiger partial charge in [-0.05, 0) is 53.5 Å². The van der Waals surface area contributed by atoms with Gasteiger partial charge in [0.15, 0.2) is 0 Å². The summed E-state index contributed by atoms with van der Waals surface area (Å²) in [7, 11) is 0. The highest BCUT2D eigenvalue weighted by atomic mass is 127. The SMILES string of the molecule is C=C(I)/C=C\C(=C(C)C)C(C)(C)C. The molecule has 0 nitrogen and oxygen atoms in total. The van der Waals surface area contributed by atoms with Crippen molar-refractivity contribution in [3.8, 4) is 0 Å². The molecule has 13 heavy (non-hydrogen) atoms. The van der Waals surface area contributed by atoms with E-state index in [0.717, 1.165) is 3.58 Å². The standard InChI is InChI=1S/C12H19I/c1-9(2)11(12(4,5)6)8-7-10(3)13/h7-8H,3H2,1-2,4-6H3/b8-7-. The zero-order chi connectivity index (χ0) is 10.6. The van der Waals surface area contributed by atoms with E-state index < -0.39 is 0 Å². The van der Waals surface area contributed by atoms with Crippen molar-refractivity contribution in [2.45, 2.75) is 34.6 Å². The molecule has 0 rings (SSSR count). The van der Waals surface area contributed by atoms with Crippen LogP contribution in [0.5, 0.6) is 0 Å². The highest BCUT2D eigenvalue weighted by Crippen LogP contribution is 2.29. The van der Waals surface area contributed by atoms with E-state index in [-0.39, 0.29) is 5.41 Å². The van der Waals surface area contributed by atoms with Crippen molar-refractivity contribution in [1.82, 2.24) is 0 Å². The molecule has 0 fully saturated rings. The third-order valence-electron chi connectivity index (χ3n) is 1.78. The minimum atomic E-state index is 0.224. The van der Waals surface area contributed by atoms with Crippen molar-refractivity contribution < 1.29 is 0 Å². The van der Waals surface area contributed by atoms with Crippen LogP contribution in [0.1, 0.15) is 34.6 Å². The van der Waals surface area contributed by atoms with Gasteiger partial charge in [0.25, 0.3) is 0 Å². The first-order valence-corrected chi connectivity index (χ1v) is 5.53. The predicted octanol–water partition coefficient (Wildman–Crippen LogP) is 4.87. The Hall–Kier alpha value is -0.0500. The van der Waals surface area contributed by atoms with E-state index in [1.54, 1.807) is 0 Å². The van der Waals surface area contributed by atoms with Gasteiger partial charge >= 0.3 is 0 Å². The summed E-state index contributed by atoms with van der Waals surface area (Å²) in [6.07, 6.45) is 4.23. The van der Waals surface area contributed by atoms with Crippen LogP contribution >= 0.6 is 22.6 Å². The molecule has 74 valence electrons. The first-order valence-electron chi connectivity index (χ1n) is 4.45. The molecule has 0 aliphatic rings. The van der Waals surface area contributed by atoms with Gasteiger partial charge in [-0.3, -0.25) is 0 Å². The Kier molecular flexibility index (Phi) is 4.97. The molecule has 0 aromatic rings. The van der Waals surface area contributed by atoms with Crippen molar-refractivity contribution in [3.05, 3.63) is 33.5 Å². The number of hydrogen-bond acceptors (Lipinski definition) is 0. The first kappa shape index (κ1) is 12.9. The summed E-state index contributed by atoms with van der Waals surface area (Å²) in [6.45, 7) is 14.8. The molecule has 0 amide bonds. The van der Waals surface area contributed by atoms with E-state index in [4.69, 9.17) is 0 Å². The minimum Gasteiger partial charge on any atom is -0.0856 e. The number of hydrogen-bond donors (Lipinski definition) is 0. The lowest BCUT2D eigenvalue weighted by Crippen LogP contribution is -2.08. The largest absolute Gasteiger partial charge is 0.0856 e. The summed E-state index contributed by atoms with van der Waals surface area (Å²) in [5, 5.41) is 0. The molecule has 1 heteroatoms. The number of rotatable bonds is 2. The minimum absolute atomic E-state index is 0.224. The second kappa shape index (κ2) is 4.99. The Morgan fingerprint density at radius 1 is 1.15 bits per heavy atom. The van der Waals surface area contributed by atoms with Gasteiger partial charge in [-0.15, -0.1) is 0 Å². The summed E-state index contributed by atoms with van der Waals surface area (Å²) in [5.41, 5.74) is 2.99. The van der Waals surface area contributed by atoms with E-state index >= 15 is 0 Å². The van der Waals surface area contributed by atoms with Crippen LogP contribution in [0.25, 0.3) is 0 Å². The van der Waals surface area contributed by atoms with E-state index in [1.807, 2.05) is 0 Å². The molecule has 0 saturated heterocycles. The van der Waals surface area contributed by atoms with Gasteiger partial charge in [0.2, 0.25) is 0 Å². The lowest BCUT2D eigenvalue weighted by molar-refractivity contribution is 0.512. The van der Waals surface area contributed by atoms with Crippen LogP contribution in [0, 0.1) is 5.41 Å². The first-order chi connectivity index (χ1) is 5.75. The normalized spacial score (nSPS) is 11.8. The van der Waals surface area contributed by atoms with Gasteiger partial charge in [-0.2, -0.15) is 0 Å². The summed E-state index contributed by atoms with van der Waals surface area (Å²) >= 11 is 2.22. The van der Waals surface area contributed by atoms with Crippen LogP contribution in [0.3, 0.4) is 0 Å². The summed E-state index contributed by atoms with van der Waals surface area (Å²) in [4.78, 5) is 0. The average Bonchev–Trinajstić information content (AvgIpc) is 1.81. The molecule has 0 spiro atoms. The number of allylic oxidation sites excluding steroid dienone is 5. The second-order valence-corrected chi connectivity index (χ2v) is 5.83. The molecule has 0 saturated carbocycles. The van der Waals surface area contributed by atoms with E-state index in [1.165, 1.54) is 11.1 Å². The maximum Gasteiger partial charge on any atom is 0.00580 e.